The zero-order valence-corrected chi connectivity index (χ0v) is 7.44. The van der Waals surface area contributed by atoms with Gasteiger partial charge in [0, 0.05) is 5.69 Å². The van der Waals surface area contributed by atoms with Gasteiger partial charge in [0.15, 0.2) is 5.78 Å². The van der Waals surface area contributed by atoms with E-state index < -0.39 is 0 Å². The highest BCUT2D eigenvalue weighted by molar-refractivity contribution is 5.98. The molecular formula is C11H13NO. The monoisotopic (exact) mass is 175 g/mol. The summed E-state index contributed by atoms with van der Waals surface area (Å²) in [7, 11) is 0. The number of hydrogen-bond donors (Lipinski definition) is 1. The Bertz CT molecular complexity index is 267. The molecule has 0 radical (unpaired) electrons. The molecule has 0 aromatic heterocycles. The van der Waals surface area contributed by atoms with Crippen LogP contribution in [0, 0.1) is 0 Å². The smallest absolute Gasteiger partial charge is 0.177 e. The first-order valence-corrected chi connectivity index (χ1v) is 3.80. The minimum Gasteiger partial charge on any atom is -0.399 e. The Morgan fingerprint density at radius 1 is 1.15 bits per heavy atom. The predicted molar refractivity (Wildman–Crippen MR) is 56.3 cm³/mol. The van der Waals surface area contributed by atoms with Gasteiger partial charge < -0.3 is 5.73 Å². The number of anilines is 1. The van der Waals surface area contributed by atoms with E-state index in [1.807, 2.05) is 30.3 Å². The predicted octanol–water partition coefficient (Wildman–Crippen LogP) is 2.20. The number of ketones is 1. The molecule has 0 aliphatic heterocycles. The number of hydrogen-bond acceptors (Lipinski definition) is 2. The van der Waals surface area contributed by atoms with Crippen molar-refractivity contribution in [2.24, 2.45) is 0 Å². The van der Waals surface area contributed by atoms with Crippen molar-refractivity contribution in [1.29, 1.82) is 0 Å². The fraction of sp³-hybridized carbons (Fsp3) is 0. The second kappa shape index (κ2) is 6.85. The highest BCUT2D eigenvalue weighted by atomic mass is 16.1. The van der Waals surface area contributed by atoms with Crippen LogP contribution in [0.5, 0.6) is 0 Å². The molecule has 2 nitrogen and oxygen atoms in total. The summed E-state index contributed by atoms with van der Waals surface area (Å²) in [6.45, 7) is 6.42. The Morgan fingerprint density at radius 2 is 1.62 bits per heavy atom. The van der Waals surface area contributed by atoms with Gasteiger partial charge in [-0.25, -0.2) is 0 Å². The van der Waals surface area contributed by atoms with Gasteiger partial charge in [0.1, 0.15) is 0 Å². The third-order valence-electron chi connectivity index (χ3n) is 1.20. The molecule has 0 saturated heterocycles. The van der Waals surface area contributed by atoms with E-state index in [0.29, 0.717) is 0 Å². The van der Waals surface area contributed by atoms with E-state index in [1.54, 1.807) is 0 Å². The zero-order chi connectivity index (χ0) is 10.1. The largest absolute Gasteiger partial charge is 0.399 e. The van der Waals surface area contributed by atoms with E-state index in [0.717, 1.165) is 5.69 Å². The Kier molecular flexibility index (Phi) is 5.89. The average molecular weight is 175 g/mol. The van der Waals surface area contributed by atoms with Crippen LogP contribution in [-0.4, -0.2) is 5.78 Å². The van der Waals surface area contributed by atoms with Gasteiger partial charge in [-0.15, -0.1) is 0 Å². The molecule has 0 heterocycles. The molecule has 68 valence electrons. The first kappa shape index (κ1) is 11.2. The maximum Gasteiger partial charge on any atom is 0.177 e. The third-order valence-corrected chi connectivity index (χ3v) is 1.20. The molecule has 1 aromatic rings. The van der Waals surface area contributed by atoms with Crippen LogP contribution in [0.15, 0.2) is 55.6 Å². The van der Waals surface area contributed by atoms with Gasteiger partial charge in [-0.05, 0) is 24.3 Å². The molecule has 0 aliphatic carbocycles. The SMILES string of the molecule is C=CC(=O)C=C.Nc1ccccc1. The van der Waals surface area contributed by atoms with Gasteiger partial charge in [0.25, 0.3) is 0 Å². The quantitative estimate of drug-likeness (QED) is 0.553. The van der Waals surface area contributed by atoms with Crippen LogP contribution in [-0.2, 0) is 4.79 Å². The van der Waals surface area contributed by atoms with E-state index >= 15 is 0 Å². The van der Waals surface area contributed by atoms with Gasteiger partial charge in [0.2, 0.25) is 0 Å². The van der Waals surface area contributed by atoms with Crippen molar-refractivity contribution < 1.29 is 4.79 Å². The number of para-hydroxylation sites is 1. The second-order valence-electron chi connectivity index (χ2n) is 2.22. The molecule has 0 unspecified atom stereocenters. The number of nitrogen functional groups attached to an aromatic ring is 1. The number of carbonyl (C=O) groups is 1. The molecule has 1 aromatic carbocycles. The number of allylic oxidation sites excluding steroid dienone is 2. The van der Waals surface area contributed by atoms with E-state index in [2.05, 4.69) is 13.2 Å². The van der Waals surface area contributed by atoms with Gasteiger partial charge in [-0.2, -0.15) is 0 Å². The Hall–Kier alpha value is -1.83. The van der Waals surface area contributed by atoms with Gasteiger partial charge in [-0.3, -0.25) is 4.79 Å². The average Bonchev–Trinajstić information content (AvgIpc) is 2.19. The number of carbonyl (C=O) groups excluding carboxylic acids is 1. The molecule has 2 N–H and O–H groups in total. The second-order valence-corrected chi connectivity index (χ2v) is 2.22. The molecule has 0 saturated carbocycles. The minimum absolute atomic E-state index is 0.130. The van der Waals surface area contributed by atoms with E-state index in [-0.39, 0.29) is 5.78 Å². The van der Waals surface area contributed by atoms with Crippen LogP contribution in [0.3, 0.4) is 0 Å². The van der Waals surface area contributed by atoms with Crippen molar-refractivity contribution in [3.8, 4) is 0 Å². The van der Waals surface area contributed by atoms with Crippen LogP contribution in [0.4, 0.5) is 5.69 Å². The Balaban J connectivity index is 0.000000226. The number of benzene rings is 1. The number of nitrogens with two attached hydrogens (primary N) is 1. The molecule has 0 spiro atoms. The van der Waals surface area contributed by atoms with E-state index in [1.165, 1.54) is 12.2 Å². The van der Waals surface area contributed by atoms with Crippen molar-refractivity contribution >= 4 is 11.5 Å². The summed E-state index contributed by atoms with van der Waals surface area (Å²) in [5.41, 5.74) is 6.18. The van der Waals surface area contributed by atoms with Crippen molar-refractivity contribution in [3.63, 3.8) is 0 Å². The summed E-state index contributed by atoms with van der Waals surface area (Å²) in [6, 6.07) is 9.49. The number of rotatable bonds is 2. The van der Waals surface area contributed by atoms with Crippen molar-refractivity contribution in [2.45, 2.75) is 0 Å². The summed E-state index contributed by atoms with van der Waals surface area (Å²) in [5.74, 6) is -0.130. The first-order chi connectivity index (χ1) is 6.20. The summed E-state index contributed by atoms with van der Waals surface area (Å²) in [6.07, 6.45) is 2.43. The lowest BCUT2D eigenvalue weighted by atomic mass is 10.3. The van der Waals surface area contributed by atoms with Crippen LogP contribution < -0.4 is 5.73 Å². The highest BCUT2D eigenvalue weighted by Crippen LogP contribution is 1.95. The molecular weight excluding hydrogens is 162 g/mol. The lowest BCUT2D eigenvalue weighted by molar-refractivity contribution is -0.110. The normalized spacial score (nSPS) is 7.69. The van der Waals surface area contributed by atoms with Gasteiger partial charge in [-0.1, -0.05) is 31.4 Å². The topological polar surface area (TPSA) is 43.1 Å². The van der Waals surface area contributed by atoms with Crippen LogP contribution in [0.1, 0.15) is 0 Å². The summed E-state index contributed by atoms with van der Waals surface area (Å²) < 4.78 is 0. The molecule has 2 heteroatoms. The first-order valence-electron chi connectivity index (χ1n) is 3.80. The molecule has 0 fully saturated rings. The van der Waals surface area contributed by atoms with Crippen molar-refractivity contribution in [2.75, 3.05) is 5.73 Å². The molecule has 13 heavy (non-hydrogen) atoms. The third kappa shape index (κ3) is 6.56. The molecule has 0 amide bonds. The molecule has 0 aliphatic rings. The highest BCUT2D eigenvalue weighted by Gasteiger charge is 1.75. The zero-order valence-electron chi connectivity index (χ0n) is 7.44. The van der Waals surface area contributed by atoms with E-state index in [4.69, 9.17) is 5.73 Å². The Labute approximate surface area is 78.4 Å². The van der Waals surface area contributed by atoms with Crippen LogP contribution >= 0.6 is 0 Å². The summed E-state index contributed by atoms with van der Waals surface area (Å²) in [4.78, 5) is 9.94. The van der Waals surface area contributed by atoms with Gasteiger partial charge in [0.05, 0.1) is 0 Å². The van der Waals surface area contributed by atoms with E-state index in [9.17, 15) is 4.79 Å². The minimum atomic E-state index is -0.130. The molecule has 1 rings (SSSR count). The standard InChI is InChI=1S/C6H7N.C5H6O/c7-6-4-2-1-3-5-6;1-3-5(6)4-2/h1-5H,7H2;3-4H,1-2H2. The van der Waals surface area contributed by atoms with Gasteiger partial charge >= 0.3 is 0 Å². The maximum absolute atomic E-state index is 9.94. The van der Waals surface area contributed by atoms with Crippen LogP contribution in [0.25, 0.3) is 0 Å². The van der Waals surface area contributed by atoms with Crippen LogP contribution in [0.2, 0.25) is 0 Å². The maximum atomic E-state index is 9.94. The van der Waals surface area contributed by atoms with Crippen molar-refractivity contribution in [1.82, 2.24) is 0 Å². The summed E-state index contributed by atoms with van der Waals surface area (Å²) >= 11 is 0. The lowest BCUT2D eigenvalue weighted by Gasteiger charge is -1.83. The molecule has 0 bridgehead atoms. The molecule has 0 atom stereocenters. The lowest BCUT2D eigenvalue weighted by Crippen LogP contribution is -1.79. The fourth-order valence-electron chi connectivity index (χ4n) is 0.536. The summed E-state index contributed by atoms with van der Waals surface area (Å²) in [5, 5.41) is 0. The fourth-order valence-corrected chi connectivity index (χ4v) is 0.536. The van der Waals surface area contributed by atoms with Crippen molar-refractivity contribution in [3.05, 3.63) is 55.6 Å². The Morgan fingerprint density at radius 3 is 1.77 bits per heavy atom.